The third-order valence-corrected chi connectivity index (χ3v) is 0.0238. The summed E-state index contributed by atoms with van der Waals surface area (Å²) in [7, 11) is 0. The van der Waals surface area contributed by atoms with Crippen molar-refractivity contribution in [3.05, 3.63) is 0 Å². The number of halogens is 2. The molecule has 0 unspecified atom stereocenters. The van der Waals surface area contributed by atoms with Crippen LogP contribution in [0.1, 0.15) is 8.35 Å². The molecule has 0 aromatic carbocycles. The van der Waals surface area contributed by atoms with Gasteiger partial charge in [-0.15, -0.1) is 0 Å². The quantitative estimate of drug-likeness (QED) is 0.424. The van der Waals surface area contributed by atoms with Gasteiger partial charge in [-0.3, -0.25) is 4.79 Å². The maximum atomic E-state index is 9.62. The summed E-state index contributed by atoms with van der Waals surface area (Å²) in [5.74, 6) is -0.833. The van der Waals surface area contributed by atoms with E-state index in [4.69, 9.17) is 9.90 Å². The summed E-state index contributed by atoms with van der Waals surface area (Å²) in [6.45, 7) is 1.08. The minimum atomic E-state index is -0.833. The van der Waals surface area contributed by atoms with Gasteiger partial charge in [-0.25, -0.2) is 0 Å². The van der Waals surface area contributed by atoms with Crippen LogP contribution in [0.5, 0.6) is 0 Å². The van der Waals surface area contributed by atoms with Crippen molar-refractivity contribution < 1.29 is 30.6 Å². The van der Waals surface area contributed by atoms with Gasteiger partial charge in [0, 0.05) is 17.1 Å². The van der Waals surface area contributed by atoms with E-state index in [1.807, 2.05) is 10.2 Å². The molecule has 0 saturated heterocycles. The lowest BCUT2D eigenvalue weighted by atomic mass is 10.9. The zero-order chi connectivity index (χ0) is 6.99. The van der Waals surface area contributed by atoms with Crippen molar-refractivity contribution in [3.63, 3.8) is 0 Å². The highest BCUT2D eigenvalue weighted by atomic mass is 19.4. The second kappa shape index (κ2) is 9.54. The molecule has 0 radical (unpaired) electrons. The smallest absolute Gasteiger partial charge is 0.481 e. The molecule has 0 fully saturated rings. The summed E-state index contributed by atoms with van der Waals surface area (Å²) in [6.07, 6.45) is 0. The van der Waals surface area contributed by atoms with Gasteiger partial charge in [0.05, 0.1) is 0 Å². The van der Waals surface area contributed by atoms with Gasteiger partial charge in [0.15, 0.2) is 0 Å². The molecule has 0 saturated carbocycles. The van der Waals surface area contributed by atoms with Crippen LogP contribution in [0.3, 0.4) is 0 Å². The van der Waals surface area contributed by atoms with Gasteiger partial charge in [-0.1, -0.05) is 0 Å². The third-order valence-electron chi connectivity index (χ3n) is 0.0238. The SMILES string of the molecule is CC(=O)O.FOOF.[H+]. The first-order valence-corrected chi connectivity index (χ1v) is 1.40. The Morgan fingerprint density at radius 3 is 1.75 bits per heavy atom. The number of rotatable bonds is 1. The molecule has 0 aromatic rings. The number of hydrogen-bond donors (Lipinski definition) is 1. The molecule has 0 rings (SSSR count). The van der Waals surface area contributed by atoms with Crippen molar-refractivity contribution in [2.24, 2.45) is 0 Å². The molecule has 0 heterocycles. The highest BCUT2D eigenvalue weighted by Gasteiger charge is 1.65. The van der Waals surface area contributed by atoms with Crippen LogP contribution in [-0.4, -0.2) is 11.1 Å². The Morgan fingerprint density at radius 2 is 1.75 bits per heavy atom. The van der Waals surface area contributed by atoms with Gasteiger partial charge in [-0.2, -0.15) is 0 Å². The summed E-state index contributed by atoms with van der Waals surface area (Å²) in [6, 6.07) is 0. The van der Waals surface area contributed by atoms with Gasteiger partial charge in [0.25, 0.3) is 5.97 Å². The standard InChI is InChI=1S/C2H4O2.F2O2/c1-2(3)4;1-3-4-2/h1H3,(H,3,4);/p+1. The van der Waals surface area contributed by atoms with Gasteiger partial charge in [0.2, 0.25) is 0 Å². The maximum absolute atomic E-state index is 9.62. The molecular formula is C2H5F2O4+. The number of aliphatic carboxylic acids is 1. The van der Waals surface area contributed by atoms with E-state index in [1.165, 1.54) is 0 Å². The summed E-state index contributed by atoms with van der Waals surface area (Å²) < 4.78 is 19.2. The Hall–Kier alpha value is -0.750. The normalized spacial score (nSPS) is 6.88. The van der Waals surface area contributed by atoms with Crippen molar-refractivity contribution in [1.29, 1.82) is 0 Å². The van der Waals surface area contributed by atoms with E-state index in [-0.39, 0.29) is 1.43 Å². The molecule has 0 atom stereocenters. The fraction of sp³-hybridized carbons (Fsp3) is 0.500. The Kier molecular flexibility index (Phi) is 12.2. The van der Waals surface area contributed by atoms with Crippen LogP contribution < -0.4 is 0 Å². The first-order chi connectivity index (χ1) is 3.65. The molecule has 50 valence electrons. The van der Waals surface area contributed by atoms with Crippen LogP contribution in [0.15, 0.2) is 0 Å². The highest BCUT2D eigenvalue weighted by Crippen LogP contribution is 1.71. The Labute approximate surface area is 44.8 Å². The molecule has 0 aromatic heterocycles. The Balaban J connectivity index is -0.0000000720. The predicted molar refractivity (Wildman–Crippen MR) is 18.8 cm³/mol. The monoisotopic (exact) mass is 131 g/mol. The van der Waals surface area contributed by atoms with E-state index < -0.39 is 5.97 Å². The lowest BCUT2D eigenvalue weighted by Crippen LogP contribution is -1.78. The number of carboxylic acid groups (broad SMARTS) is 1. The van der Waals surface area contributed by atoms with Gasteiger partial charge >= 0.3 is 1.43 Å². The van der Waals surface area contributed by atoms with Gasteiger partial charge in [-0.05, 0) is 9.05 Å². The second-order valence-electron chi connectivity index (χ2n) is 0.645. The van der Waals surface area contributed by atoms with Crippen LogP contribution in [0.25, 0.3) is 0 Å². The molecular weight excluding hydrogens is 126 g/mol. The average molecular weight is 131 g/mol. The van der Waals surface area contributed by atoms with Crippen molar-refractivity contribution in [1.82, 2.24) is 0 Å². The second-order valence-corrected chi connectivity index (χ2v) is 0.645. The van der Waals surface area contributed by atoms with Crippen molar-refractivity contribution in [2.75, 3.05) is 0 Å². The minimum absolute atomic E-state index is 0. The number of carbonyl (C=O) groups is 1. The van der Waals surface area contributed by atoms with Crippen molar-refractivity contribution in [2.45, 2.75) is 6.92 Å². The topological polar surface area (TPSA) is 55.8 Å². The molecule has 1 N–H and O–H groups in total. The summed E-state index contributed by atoms with van der Waals surface area (Å²) >= 11 is 0. The molecule has 0 aliphatic rings. The predicted octanol–water partition coefficient (Wildman–Crippen LogP) is 0.907. The number of carboxylic acids is 1. The van der Waals surface area contributed by atoms with Crippen LogP contribution in [-0.2, 0) is 15.0 Å². The lowest BCUT2D eigenvalue weighted by molar-refractivity contribution is -0.526. The van der Waals surface area contributed by atoms with E-state index in [0.29, 0.717) is 0 Å². The van der Waals surface area contributed by atoms with E-state index in [0.717, 1.165) is 6.92 Å². The molecule has 6 heteroatoms. The van der Waals surface area contributed by atoms with Crippen LogP contribution in [0.2, 0.25) is 0 Å². The third kappa shape index (κ3) is 1520. The zero-order valence-corrected chi connectivity index (χ0v) is 3.93. The first-order valence-electron chi connectivity index (χ1n) is 1.40. The largest absolute Gasteiger partial charge is 1.00 e. The van der Waals surface area contributed by atoms with E-state index in [2.05, 4.69) is 0 Å². The summed E-state index contributed by atoms with van der Waals surface area (Å²) in [4.78, 5) is 9.00. The summed E-state index contributed by atoms with van der Waals surface area (Å²) in [5, 5.41) is 11.2. The maximum Gasteiger partial charge on any atom is 1.00 e. The zero-order valence-electron chi connectivity index (χ0n) is 4.93. The molecule has 0 amide bonds. The molecule has 0 spiro atoms. The van der Waals surface area contributed by atoms with Gasteiger partial charge < -0.3 is 5.11 Å². The minimum Gasteiger partial charge on any atom is -0.481 e. The highest BCUT2D eigenvalue weighted by molar-refractivity contribution is 5.62. The van der Waals surface area contributed by atoms with Crippen molar-refractivity contribution >= 4 is 5.97 Å². The van der Waals surface area contributed by atoms with Crippen LogP contribution >= 0.6 is 0 Å². The van der Waals surface area contributed by atoms with Crippen LogP contribution in [0, 0.1) is 0 Å². The first kappa shape index (κ1) is 10.3. The molecule has 4 nitrogen and oxygen atoms in total. The average Bonchev–Trinajstić information content (AvgIpc) is 1.65. The fourth-order valence-electron chi connectivity index (χ4n) is 0. The lowest BCUT2D eigenvalue weighted by Gasteiger charge is -1.61. The molecule has 0 aliphatic heterocycles. The fourth-order valence-corrected chi connectivity index (χ4v) is 0. The van der Waals surface area contributed by atoms with Crippen LogP contribution in [0.4, 0.5) is 9.05 Å². The molecule has 8 heavy (non-hydrogen) atoms. The number of hydrogen-bond acceptors (Lipinski definition) is 3. The van der Waals surface area contributed by atoms with Gasteiger partial charge in [0.1, 0.15) is 0 Å². The van der Waals surface area contributed by atoms with E-state index in [1.54, 1.807) is 0 Å². The Bertz CT molecular complexity index is 54.5. The van der Waals surface area contributed by atoms with Crippen molar-refractivity contribution in [3.8, 4) is 0 Å². The van der Waals surface area contributed by atoms with E-state index >= 15 is 0 Å². The van der Waals surface area contributed by atoms with E-state index in [9.17, 15) is 9.05 Å². The molecule has 0 bridgehead atoms. The molecule has 0 aliphatic carbocycles. The summed E-state index contributed by atoms with van der Waals surface area (Å²) in [5.41, 5.74) is 0. The Morgan fingerprint density at radius 1 is 1.62 bits per heavy atom.